The molecule has 0 heterocycles. The Labute approximate surface area is 209 Å². The summed E-state index contributed by atoms with van der Waals surface area (Å²) in [6.45, 7) is 5.22. The second-order valence-electron chi connectivity index (χ2n) is 7.86. The molecule has 0 saturated heterocycles. The second-order valence-corrected chi connectivity index (χ2v) is 11.3. The number of hydrogen-bond acceptors (Lipinski definition) is 4. The summed E-state index contributed by atoms with van der Waals surface area (Å²) in [4.78, 5) is 27.5. The van der Waals surface area contributed by atoms with Crippen LogP contribution in [-0.4, -0.2) is 55.1 Å². The van der Waals surface area contributed by atoms with Crippen molar-refractivity contribution in [3.8, 4) is 0 Å². The first-order chi connectivity index (χ1) is 15.4. The molecule has 2 aromatic rings. The third-order valence-corrected chi connectivity index (χ3v) is 7.85. The number of likely N-dealkylation sites (N-methyl/N-ethyl adjacent to an activating group) is 1. The summed E-state index contributed by atoms with van der Waals surface area (Å²) in [6.07, 6.45) is 0.750. The van der Waals surface area contributed by atoms with Crippen LogP contribution in [0.25, 0.3) is 0 Å². The summed E-state index contributed by atoms with van der Waals surface area (Å²) in [5, 5.41) is 3.30. The quantitative estimate of drug-likeness (QED) is 0.477. The summed E-state index contributed by atoms with van der Waals surface area (Å²) in [6, 6.07) is 12.3. The lowest BCUT2D eigenvalue weighted by Crippen LogP contribution is -2.51. The Kier molecular flexibility index (Phi) is 9.90. The Morgan fingerprint density at radius 2 is 1.76 bits per heavy atom. The van der Waals surface area contributed by atoms with Crippen molar-refractivity contribution in [3.05, 3.63) is 63.6 Å². The number of nitrogens with one attached hydrogen (secondary N) is 1. The van der Waals surface area contributed by atoms with Crippen LogP contribution < -0.4 is 5.32 Å². The average molecular weight is 559 g/mol. The van der Waals surface area contributed by atoms with Crippen LogP contribution >= 0.6 is 27.5 Å². The van der Waals surface area contributed by atoms with Gasteiger partial charge in [-0.2, -0.15) is 4.31 Å². The maximum Gasteiger partial charge on any atom is 0.243 e. The number of halogens is 2. The largest absolute Gasteiger partial charge is 0.352 e. The van der Waals surface area contributed by atoms with Gasteiger partial charge in [-0.05, 0) is 62.2 Å². The van der Waals surface area contributed by atoms with Crippen LogP contribution in [0.5, 0.6) is 0 Å². The maximum absolute atomic E-state index is 13.3. The van der Waals surface area contributed by atoms with Crippen molar-refractivity contribution in [2.45, 2.75) is 50.7 Å². The highest BCUT2D eigenvalue weighted by molar-refractivity contribution is 9.10. The van der Waals surface area contributed by atoms with Gasteiger partial charge in [-0.25, -0.2) is 8.42 Å². The molecular formula is C23H29BrClN3O4S. The highest BCUT2D eigenvalue weighted by Gasteiger charge is 2.30. The number of benzene rings is 2. The van der Waals surface area contributed by atoms with Crippen LogP contribution in [0.15, 0.2) is 57.9 Å². The van der Waals surface area contributed by atoms with Crippen molar-refractivity contribution in [2.24, 2.45) is 0 Å². The van der Waals surface area contributed by atoms with E-state index < -0.39 is 28.5 Å². The van der Waals surface area contributed by atoms with Gasteiger partial charge in [-0.3, -0.25) is 9.59 Å². The molecule has 2 aromatic carbocycles. The van der Waals surface area contributed by atoms with Crippen LogP contribution in [0.4, 0.5) is 0 Å². The van der Waals surface area contributed by atoms with Crippen LogP contribution in [-0.2, 0) is 26.2 Å². The molecule has 7 nitrogen and oxygen atoms in total. The van der Waals surface area contributed by atoms with Crippen molar-refractivity contribution < 1.29 is 18.0 Å². The third kappa shape index (κ3) is 7.53. The summed E-state index contributed by atoms with van der Waals surface area (Å²) < 4.78 is 27.7. The lowest BCUT2D eigenvalue weighted by Gasteiger charge is -2.31. The monoisotopic (exact) mass is 557 g/mol. The van der Waals surface area contributed by atoms with Crippen molar-refractivity contribution in [2.75, 3.05) is 13.6 Å². The summed E-state index contributed by atoms with van der Waals surface area (Å²) in [5.41, 5.74) is 0.809. The van der Waals surface area contributed by atoms with Gasteiger partial charge in [0.05, 0.1) is 11.4 Å². The molecule has 180 valence electrons. The standard InChI is InChI=1S/C23H29BrClN3O4S/c1-5-16(2)26-23(30)17(3)28(14-18-7-6-8-19(24)13-18)22(29)15-27(4)33(31,32)21-11-9-20(25)10-12-21/h6-13,16-17H,5,14-15H2,1-4H3,(H,26,30)/t16-,17-/m0/s1. The van der Waals surface area contributed by atoms with Gasteiger partial charge >= 0.3 is 0 Å². The topological polar surface area (TPSA) is 86.8 Å². The van der Waals surface area contributed by atoms with E-state index in [2.05, 4.69) is 21.2 Å². The molecule has 0 saturated carbocycles. The van der Waals surface area contributed by atoms with E-state index in [-0.39, 0.29) is 23.4 Å². The zero-order chi connectivity index (χ0) is 24.8. The highest BCUT2D eigenvalue weighted by atomic mass is 79.9. The molecule has 1 N–H and O–H groups in total. The first-order valence-corrected chi connectivity index (χ1v) is 13.1. The van der Waals surface area contributed by atoms with Crippen LogP contribution in [0.3, 0.4) is 0 Å². The highest BCUT2D eigenvalue weighted by Crippen LogP contribution is 2.19. The molecule has 0 fully saturated rings. The van der Waals surface area contributed by atoms with Gasteiger partial charge in [0.2, 0.25) is 21.8 Å². The Hall–Kier alpha value is -1.94. The van der Waals surface area contributed by atoms with Gasteiger partial charge in [0.1, 0.15) is 6.04 Å². The predicted octanol–water partition coefficient (Wildman–Crippen LogP) is 4.06. The molecular weight excluding hydrogens is 530 g/mol. The molecule has 2 amide bonds. The van der Waals surface area contributed by atoms with Crippen molar-refractivity contribution in [1.82, 2.24) is 14.5 Å². The molecule has 0 aliphatic rings. The zero-order valence-electron chi connectivity index (χ0n) is 19.1. The fourth-order valence-corrected chi connectivity index (χ4v) is 4.73. The Morgan fingerprint density at radius 1 is 1.12 bits per heavy atom. The van der Waals surface area contributed by atoms with Gasteiger partial charge in [0.15, 0.2) is 0 Å². The van der Waals surface area contributed by atoms with Crippen molar-refractivity contribution in [1.29, 1.82) is 0 Å². The van der Waals surface area contributed by atoms with E-state index >= 15 is 0 Å². The number of hydrogen-bond donors (Lipinski definition) is 1. The zero-order valence-corrected chi connectivity index (χ0v) is 22.2. The number of carbonyl (C=O) groups is 2. The van der Waals surface area contributed by atoms with E-state index in [1.54, 1.807) is 6.92 Å². The van der Waals surface area contributed by atoms with E-state index in [4.69, 9.17) is 11.6 Å². The predicted molar refractivity (Wildman–Crippen MR) is 133 cm³/mol. The van der Waals surface area contributed by atoms with Crippen LogP contribution in [0.2, 0.25) is 5.02 Å². The van der Waals surface area contributed by atoms with Crippen molar-refractivity contribution in [3.63, 3.8) is 0 Å². The lowest BCUT2D eigenvalue weighted by atomic mass is 10.1. The Bertz CT molecular complexity index is 1080. The molecule has 2 atom stereocenters. The SMILES string of the molecule is CC[C@H](C)NC(=O)[C@H](C)N(Cc1cccc(Br)c1)C(=O)CN(C)S(=O)(=O)c1ccc(Cl)cc1. The molecule has 33 heavy (non-hydrogen) atoms. The first-order valence-electron chi connectivity index (χ1n) is 10.5. The number of carbonyl (C=O) groups excluding carboxylic acids is 2. The number of rotatable bonds is 10. The van der Waals surface area contributed by atoms with Crippen LogP contribution in [0, 0.1) is 0 Å². The summed E-state index contributed by atoms with van der Waals surface area (Å²) in [5.74, 6) is -0.780. The van der Waals surface area contributed by atoms with Gasteiger partial charge < -0.3 is 10.2 Å². The maximum atomic E-state index is 13.3. The van der Waals surface area contributed by atoms with Gasteiger partial charge in [-0.1, -0.05) is 46.6 Å². The third-order valence-electron chi connectivity index (χ3n) is 5.29. The Morgan fingerprint density at radius 3 is 2.33 bits per heavy atom. The fourth-order valence-electron chi connectivity index (χ4n) is 3.03. The Balaban J connectivity index is 2.27. The first kappa shape index (κ1) is 27.3. The molecule has 0 unspecified atom stereocenters. The molecule has 0 bridgehead atoms. The molecule has 0 spiro atoms. The van der Waals surface area contributed by atoms with E-state index in [1.807, 2.05) is 38.1 Å². The minimum atomic E-state index is -3.91. The van der Waals surface area contributed by atoms with E-state index in [9.17, 15) is 18.0 Å². The molecule has 10 heteroatoms. The minimum absolute atomic E-state index is 0.0308. The molecule has 0 aliphatic carbocycles. The number of nitrogens with zero attached hydrogens (tertiary/aromatic N) is 2. The summed E-state index contributed by atoms with van der Waals surface area (Å²) in [7, 11) is -2.58. The van der Waals surface area contributed by atoms with Gasteiger partial charge in [0, 0.05) is 29.1 Å². The summed E-state index contributed by atoms with van der Waals surface area (Å²) >= 11 is 9.27. The van der Waals surface area contributed by atoms with Gasteiger partial charge in [0.25, 0.3) is 0 Å². The lowest BCUT2D eigenvalue weighted by molar-refractivity contribution is -0.140. The van der Waals surface area contributed by atoms with E-state index in [1.165, 1.54) is 36.2 Å². The number of amides is 2. The molecule has 2 rings (SSSR count). The van der Waals surface area contributed by atoms with E-state index in [0.29, 0.717) is 5.02 Å². The van der Waals surface area contributed by atoms with Crippen molar-refractivity contribution >= 4 is 49.4 Å². The molecule has 0 radical (unpaired) electrons. The normalized spacial score (nSPS) is 13.4. The van der Waals surface area contributed by atoms with Crippen LogP contribution in [0.1, 0.15) is 32.8 Å². The molecule has 0 aromatic heterocycles. The van der Waals surface area contributed by atoms with E-state index in [0.717, 1.165) is 20.8 Å². The number of sulfonamides is 1. The minimum Gasteiger partial charge on any atom is -0.352 e. The fraction of sp³-hybridized carbons (Fsp3) is 0.391. The molecule has 0 aliphatic heterocycles. The average Bonchev–Trinajstić information content (AvgIpc) is 2.77. The smallest absolute Gasteiger partial charge is 0.243 e. The van der Waals surface area contributed by atoms with Gasteiger partial charge in [-0.15, -0.1) is 0 Å². The second kappa shape index (κ2) is 12.0.